The first-order valence-electron chi connectivity index (χ1n) is 26.0. The van der Waals surface area contributed by atoms with Crippen molar-refractivity contribution in [1.29, 1.82) is 0 Å². The second-order valence-corrected chi connectivity index (χ2v) is 21.8. The van der Waals surface area contributed by atoms with Gasteiger partial charge in [-0.05, 0) is 72.6 Å². The normalized spacial score (nSPS) is 13.6. The number of unbranched alkanes of at least 4 members (excludes halogenated alkanes) is 9. The van der Waals surface area contributed by atoms with Gasteiger partial charge in [-0.3, -0.25) is 47.7 Å². The van der Waals surface area contributed by atoms with E-state index in [4.69, 9.17) is 10.3 Å². The van der Waals surface area contributed by atoms with Crippen molar-refractivity contribution >= 4 is 98.1 Å². The number of thioether (sulfide) groups is 2. The molecule has 2 aromatic carbocycles. The van der Waals surface area contributed by atoms with E-state index in [9.17, 15) is 56.7 Å². The van der Waals surface area contributed by atoms with E-state index in [1.54, 1.807) is 36.9 Å². The molecule has 0 aliphatic heterocycles. The Labute approximate surface area is 464 Å². The number of carbonyl (C=O) groups is 9. The number of carboxylic acid groups (broad SMARTS) is 1. The number of aliphatic carboxylic acids is 1. The highest BCUT2D eigenvalue weighted by molar-refractivity contribution is 7.98. The van der Waals surface area contributed by atoms with Crippen LogP contribution >= 0.6 is 23.5 Å². The van der Waals surface area contributed by atoms with E-state index in [1.165, 1.54) is 80.4 Å². The maximum Gasteiger partial charge on any atom is 0.446 e. The van der Waals surface area contributed by atoms with Crippen molar-refractivity contribution in [3.05, 3.63) is 65.9 Å². The molecule has 0 aliphatic rings. The number of aromatic nitrogens is 1. The maximum atomic E-state index is 14.3. The SMILES string of the molecule is CCCCCCCCCCCCC(NC(=O)C(CC(=O)O)NC(=O)C(CCSC)NC(=O)C(Cc1c[nH]c2ccccc12)NC(=O)CNC(=O)C(CCSC)NC(=O)C(Cc1ccc(OS(=O)(=O)O)cc1)NC(C)=O)C(N)=O. The summed E-state index contributed by atoms with van der Waals surface area (Å²) in [6.45, 7) is 2.68. The maximum absolute atomic E-state index is 14.3. The highest BCUT2D eigenvalue weighted by Gasteiger charge is 2.33. The van der Waals surface area contributed by atoms with E-state index in [0.29, 0.717) is 29.1 Å². The van der Waals surface area contributed by atoms with E-state index in [-0.39, 0.29) is 37.9 Å². The van der Waals surface area contributed by atoms with Crippen molar-refractivity contribution in [3.8, 4) is 5.75 Å². The second kappa shape index (κ2) is 35.2. The van der Waals surface area contributed by atoms with Crippen molar-refractivity contribution in [1.82, 2.24) is 42.2 Å². The molecule has 1 aromatic heterocycles. The number of nitrogens with one attached hydrogen (secondary N) is 8. The number of carbonyl (C=O) groups excluding carboxylic acids is 8. The van der Waals surface area contributed by atoms with Crippen LogP contribution in [-0.2, 0) is 66.4 Å². The minimum Gasteiger partial charge on any atom is -0.481 e. The fourth-order valence-corrected chi connectivity index (χ4v) is 9.66. The largest absolute Gasteiger partial charge is 0.481 e. The molecule has 78 heavy (non-hydrogen) atoms. The summed E-state index contributed by atoms with van der Waals surface area (Å²) in [5, 5.41) is 28.4. The molecule has 6 atom stereocenters. The molecule has 6 unspecified atom stereocenters. The summed E-state index contributed by atoms with van der Waals surface area (Å²) in [6, 6.07) is 4.53. The highest BCUT2D eigenvalue weighted by atomic mass is 32.3. The Bertz CT molecular complexity index is 2570. The standard InChI is InChI=1S/C52H77N9O14S3/c1-5-6-7-8-9-10-11-12-13-14-19-39(47(53)66)58-52(71)44(30-46(64)65)61-49(68)41(25-27-77-4)60-51(70)43(29-35-31-54-38-18-16-15-17-37(35)38)57-45(63)32-55-48(67)40(24-26-76-3)59-50(69)42(56-33(2)62)28-34-20-22-36(23-21-34)75-78(72,73)74/h15-18,20-23,31,39-44,54H,5-14,19,24-30,32H2,1-4H3,(H2,53,66)(H,55,67)(H,56,62)(H,57,63)(H,58,71)(H,59,69)(H,60,70)(H,61,68)(H,64,65)(H,72,73,74). The third kappa shape index (κ3) is 25.4. The molecule has 432 valence electrons. The van der Waals surface area contributed by atoms with Crippen LogP contribution in [0, 0.1) is 0 Å². The van der Waals surface area contributed by atoms with Crippen LogP contribution < -0.4 is 47.1 Å². The summed E-state index contributed by atoms with van der Waals surface area (Å²) in [6.07, 6.45) is 14.9. The van der Waals surface area contributed by atoms with Gasteiger partial charge in [-0.25, -0.2) is 0 Å². The lowest BCUT2D eigenvalue weighted by Crippen LogP contribution is -2.59. The number of para-hydroxylation sites is 1. The van der Waals surface area contributed by atoms with Gasteiger partial charge in [0.05, 0.1) is 13.0 Å². The number of carboxylic acids is 1. The molecular formula is C52H77N9O14S3. The Morgan fingerprint density at radius 3 is 1.69 bits per heavy atom. The highest BCUT2D eigenvalue weighted by Crippen LogP contribution is 2.20. The minimum absolute atomic E-state index is 0.0108. The second-order valence-electron chi connectivity index (χ2n) is 18.8. The van der Waals surface area contributed by atoms with Crippen molar-refractivity contribution in [2.45, 2.75) is 153 Å². The van der Waals surface area contributed by atoms with E-state index in [2.05, 4.69) is 53.3 Å². The molecule has 0 spiro atoms. The quantitative estimate of drug-likeness (QED) is 0.0289. The number of fused-ring (bicyclic) bond motifs is 1. The molecular weight excluding hydrogens is 1070 g/mol. The zero-order valence-electron chi connectivity index (χ0n) is 44.7. The van der Waals surface area contributed by atoms with Crippen LogP contribution in [-0.4, -0.2) is 143 Å². The Kier molecular flexibility index (Phi) is 29.7. The topological polar surface area (TPSA) is 363 Å². The van der Waals surface area contributed by atoms with Crippen LogP contribution in [0.4, 0.5) is 0 Å². The van der Waals surface area contributed by atoms with Gasteiger partial charge in [0.2, 0.25) is 47.3 Å². The van der Waals surface area contributed by atoms with Crippen molar-refractivity contribution < 1.29 is 65.4 Å². The molecule has 26 heteroatoms. The van der Waals surface area contributed by atoms with Crippen LogP contribution in [0.3, 0.4) is 0 Å². The number of rotatable bonds is 39. The summed E-state index contributed by atoms with van der Waals surface area (Å²) < 4.78 is 35.6. The lowest BCUT2D eigenvalue weighted by molar-refractivity contribution is -0.141. The summed E-state index contributed by atoms with van der Waals surface area (Å²) in [7, 11) is -4.79. The first kappa shape index (κ1) is 65.9. The van der Waals surface area contributed by atoms with Crippen LogP contribution in [0.25, 0.3) is 10.9 Å². The number of primary amides is 1. The molecule has 0 radical (unpaired) electrons. The smallest absolute Gasteiger partial charge is 0.446 e. The number of amides is 8. The molecule has 1 heterocycles. The van der Waals surface area contributed by atoms with E-state index >= 15 is 0 Å². The van der Waals surface area contributed by atoms with Crippen LogP contribution in [0.1, 0.15) is 115 Å². The molecule has 3 aromatic rings. The van der Waals surface area contributed by atoms with Crippen molar-refractivity contribution in [2.75, 3.05) is 30.6 Å². The zero-order chi connectivity index (χ0) is 57.6. The number of aromatic amines is 1. The Hall–Kier alpha value is -6.38. The van der Waals surface area contributed by atoms with Crippen LogP contribution in [0.2, 0.25) is 0 Å². The number of hydrogen-bond acceptors (Lipinski definition) is 14. The average Bonchev–Trinajstić information content (AvgIpc) is 3.80. The fourth-order valence-electron chi connectivity index (χ4n) is 8.36. The van der Waals surface area contributed by atoms with Gasteiger partial charge in [-0.1, -0.05) is 101 Å². The molecule has 0 aliphatic carbocycles. The van der Waals surface area contributed by atoms with Gasteiger partial charge >= 0.3 is 16.4 Å². The van der Waals surface area contributed by atoms with E-state index in [0.717, 1.165) is 43.0 Å². The Morgan fingerprint density at radius 2 is 1.14 bits per heavy atom. The lowest BCUT2D eigenvalue weighted by atomic mass is 10.0. The third-order valence-corrected chi connectivity index (χ3v) is 14.1. The number of hydrogen-bond donors (Lipinski definition) is 11. The van der Waals surface area contributed by atoms with E-state index < -0.39 is 113 Å². The predicted molar refractivity (Wildman–Crippen MR) is 298 cm³/mol. The summed E-state index contributed by atoms with van der Waals surface area (Å²) in [5.74, 6) is -7.36. The fraction of sp³-hybridized carbons (Fsp3) is 0.558. The zero-order valence-corrected chi connectivity index (χ0v) is 47.1. The van der Waals surface area contributed by atoms with Gasteiger partial charge in [-0.15, -0.1) is 0 Å². The molecule has 0 fully saturated rings. The summed E-state index contributed by atoms with van der Waals surface area (Å²) in [4.78, 5) is 123. The molecule has 0 saturated carbocycles. The summed E-state index contributed by atoms with van der Waals surface area (Å²) in [5.41, 5.74) is 7.43. The molecule has 0 bridgehead atoms. The van der Waals surface area contributed by atoms with Gasteiger partial charge in [0.25, 0.3) is 0 Å². The van der Waals surface area contributed by atoms with Gasteiger partial charge < -0.3 is 57.2 Å². The van der Waals surface area contributed by atoms with Crippen LogP contribution in [0.5, 0.6) is 5.75 Å². The first-order valence-corrected chi connectivity index (χ1v) is 30.1. The van der Waals surface area contributed by atoms with Gasteiger partial charge in [-0.2, -0.15) is 31.9 Å². The number of H-pyrrole nitrogens is 1. The molecule has 23 nitrogen and oxygen atoms in total. The van der Waals surface area contributed by atoms with E-state index in [1.807, 2.05) is 6.07 Å². The first-order chi connectivity index (χ1) is 37.1. The summed E-state index contributed by atoms with van der Waals surface area (Å²) >= 11 is 2.72. The monoisotopic (exact) mass is 1150 g/mol. The molecule has 0 saturated heterocycles. The van der Waals surface area contributed by atoms with Gasteiger partial charge in [0.15, 0.2) is 0 Å². The lowest BCUT2D eigenvalue weighted by Gasteiger charge is -2.26. The number of nitrogens with two attached hydrogens (primary N) is 1. The minimum atomic E-state index is -4.79. The molecule has 8 amide bonds. The Morgan fingerprint density at radius 1 is 0.628 bits per heavy atom. The third-order valence-electron chi connectivity index (χ3n) is 12.4. The van der Waals surface area contributed by atoms with Crippen molar-refractivity contribution in [3.63, 3.8) is 0 Å². The predicted octanol–water partition coefficient (Wildman–Crippen LogP) is 2.96. The number of benzene rings is 2. The molecule has 12 N–H and O–H groups in total. The van der Waals surface area contributed by atoms with Gasteiger partial charge in [0, 0.05) is 36.9 Å². The Balaban J connectivity index is 1.77. The van der Waals surface area contributed by atoms with Crippen LogP contribution in [0.15, 0.2) is 54.7 Å². The average molecular weight is 1150 g/mol. The van der Waals surface area contributed by atoms with Gasteiger partial charge in [0.1, 0.15) is 42.0 Å². The van der Waals surface area contributed by atoms with Crippen molar-refractivity contribution in [2.24, 2.45) is 5.73 Å². The molecule has 3 rings (SSSR count).